The van der Waals surface area contributed by atoms with Crippen molar-refractivity contribution in [1.82, 2.24) is 4.90 Å². The summed E-state index contributed by atoms with van der Waals surface area (Å²) in [5.74, 6) is 0.301. The Morgan fingerprint density at radius 2 is 2.04 bits per heavy atom. The molecule has 1 N–H and O–H groups in total. The Morgan fingerprint density at radius 1 is 1.22 bits per heavy atom. The second-order valence-electron chi connectivity index (χ2n) is 6.56. The Kier molecular flexibility index (Phi) is 5.91. The first-order valence-electron chi connectivity index (χ1n) is 9.08. The number of phenols is 1. The lowest BCUT2D eigenvalue weighted by Gasteiger charge is -2.36. The topological polar surface area (TPSA) is 66.8 Å². The van der Waals surface area contributed by atoms with Gasteiger partial charge in [0.25, 0.3) is 5.91 Å². The van der Waals surface area contributed by atoms with Gasteiger partial charge in [-0.3, -0.25) is 9.59 Å². The molecule has 1 aliphatic rings. The normalized spacial score (nSPS) is 16.6. The first-order valence-corrected chi connectivity index (χ1v) is 9.08. The summed E-state index contributed by atoms with van der Waals surface area (Å²) in [6, 6.07) is 12.1. The third-order valence-electron chi connectivity index (χ3n) is 4.89. The second-order valence-corrected chi connectivity index (χ2v) is 6.56. The third-order valence-corrected chi connectivity index (χ3v) is 4.89. The lowest BCUT2D eigenvalue weighted by Crippen LogP contribution is -2.47. The molecule has 27 heavy (non-hydrogen) atoms. The van der Waals surface area contributed by atoms with Crippen molar-refractivity contribution < 1.29 is 19.4 Å². The van der Waals surface area contributed by atoms with Gasteiger partial charge in [-0.15, -0.1) is 0 Å². The first-order chi connectivity index (χ1) is 13.2. The van der Waals surface area contributed by atoms with Crippen LogP contribution in [0.3, 0.4) is 0 Å². The number of ether oxygens (including phenoxy) is 1. The molecule has 0 radical (unpaired) electrons. The molecule has 0 unspecified atom stereocenters. The van der Waals surface area contributed by atoms with Crippen molar-refractivity contribution in [2.45, 2.75) is 25.3 Å². The van der Waals surface area contributed by atoms with Crippen molar-refractivity contribution in [3.63, 3.8) is 0 Å². The van der Waals surface area contributed by atoms with Gasteiger partial charge < -0.3 is 14.7 Å². The minimum atomic E-state index is -0.252. The smallest absolute Gasteiger partial charge is 0.255 e. The number of hydrogen-bond donors (Lipinski definition) is 1. The van der Waals surface area contributed by atoms with Gasteiger partial charge in [-0.25, -0.2) is 0 Å². The highest BCUT2D eigenvalue weighted by molar-refractivity contribution is 6.03. The molecule has 140 valence electrons. The van der Waals surface area contributed by atoms with Crippen molar-refractivity contribution in [2.24, 2.45) is 0 Å². The quantitative estimate of drug-likeness (QED) is 0.788. The fraction of sp³-hybridized carbons (Fsp3) is 0.273. The Balaban J connectivity index is 1.79. The number of likely N-dealkylation sites (tertiary alicyclic amines) is 1. The number of aldehydes is 1. The molecular weight excluding hydrogens is 342 g/mol. The number of carbonyl (C=O) groups excluding carboxylic acids is 2. The zero-order chi connectivity index (χ0) is 19.2. The van der Waals surface area contributed by atoms with Crippen LogP contribution >= 0.6 is 0 Å². The molecule has 1 saturated heterocycles. The summed E-state index contributed by atoms with van der Waals surface area (Å²) < 4.78 is 5.98. The zero-order valence-corrected chi connectivity index (χ0v) is 15.1. The van der Waals surface area contributed by atoms with Crippen molar-refractivity contribution in [1.29, 1.82) is 0 Å². The number of phenolic OH excluding ortho intramolecular Hbond substituents is 1. The van der Waals surface area contributed by atoms with Crippen LogP contribution in [0.25, 0.3) is 6.08 Å². The summed E-state index contributed by atoms with van der Waals surface area (Å²) in [4.78, 5) is 26.1. The second kappa shape index (κ2) is 8.54. The predicted molar refractivity (Wildman–Crippen MR) is 104 cm³/mol. The van der Waals surface area contributed by atoms with Gasteiger partial charge in [0.2, 0.25) is 0 Å². The highest BCUT2D eigenvalue weighted by atomic mass is 16.5. The molecule has 1 atom stereocenters. The summed E-state index contributed by atoms with van der Waals surface area (Å²) in [5, 5.41) is 9.88. The minimum Gasteiger partial charge on any atom is -0.507 e. The molecule has 1 amide bonds. The van der Waals surface area contributed by atoms with Crippen molar-refractivity contribution in [3.8, 4) is 11.5 Å². The average molecular weight is 365 g/mol. The van der Waals surface area contributed by atoms with Gasteiger partial charge in [0, 0.05) is 12.1 Å². The summed E-state index contributed by atoms with van der Waals surface area (Å²) in [5.41, 5.74) is 1.16. The van der Waals surface area contributed by atoms with E-state index in [4.69, 9.17) is 4.74 Å². The standard InChI is InChI=1S/C22H23NO4/c1-2-16-8-3-4-12-21(16)27-15-17-9-5-6-13-23(17)22(26)18-10-7-11-20(25)19(18)14-24/h2-4,7-8,10-12,14,17,25H,1,5-6,9,13,15H2/t17-/m0/s1. The Hall–Kier alpha value is -3.08. The van der Waals surface area contributed by atoms with Gasteiger partial charge in [0.15, 0.2) is 6.29 Å². The molecule has 1 fully saturated rings. The van der Waals surface area contributed by atoms with Crippen LogP contribution in [0.4, 0.5) is 0 Å². The summed E-state index contributed by atoms with van der Waals surface area (Å²) in [6.07, 6.45) is 5.01. The van der Waals surface area contributed by atoms with Gasteiger partial charge in [-0.2, -0.15) is 0 Å². The van der Waals surface area contributed by atoms with E-state index in [1.807, 2.05) is 24.3 Å². The Morgan fingerprint density at radius 3 is 2.81 bits per heavy atom. The van der Waals surface area contributed by atoms with Crippen LogP contribution in [0.5, 0.6) is 11.5 Å². The Labute approximate surface area is 158 Å². The Bertz CT molecular complexity index is 846. The lowest BCUT2D eigenvalue weighted by atomic mass is 9.99. The van der Waals surface area contributed by atoms with Gasteiger partial charge in [0.05, 0.1) is 17.2 Å². The number of carbonyl (C=O) groups is 2. The molecule has 1 heterocycles. The van der Waals surface area contributed by atoms with E-state index < -0.39 is 0 Å². The molecule has 5 heteroatoms. The van der Waals surface area contributed by atoms with Crippen LogP contribution in [-0.2, 0) is 0 Å². The average Bonchev–Trinajstić information content (AvgIpc) is 2.72. The number of benzene rings is 2. The van der Waals surface area contributed by atoms with Crippen LogP contribution in [-0.4, -0.2) is 41.4 Å². The van der Waals surface area contributed by atoms with Gasteiger partial charge >= 0.3 is 0 Å². The molecule has 5 nitrogen and oxygen atoms in total. The van der Waals surface area contributed by atoms with Gasteiger partial charge in [-0.05, 0) is 37.5 Å². The molecule has 0 spiro atoms. The maximum Gasteiger partial charge on any atom is 0.255 e. The number of nitrogens with zero attached hydrogens (tertiary/aromatic N) is 1. The third kappa shape index (κ3) is 4.03. The largest absolute Gasteiger partial charge is 0.507 e. The van der Waals surface area contributed by atoms with Crippen molar-refractivity contribution >= 4 is 18.3 Å². The highest BCUT2D eigenvalue weighted by Crippen LogP contribution is 2.26. The number of hydrogen-bond acceptors (Lipinski definition) is 4. The summed E-state index contributed by atoms with van der Waals surface area (Å²) in [7, 11) is 0. The molecule has 2 aromatic carbocycles. The SMILES string of the molecule is C=Cc1ccccc1OC[C@@H]1CCCCN1C(=O)c1cccc(O)c1C=O. The van der Waals surface area contributed by atoms with Crippen molar-refractivity contribution in [3.05, 3.63) is 65.7 Å². The van der Waals surface area contributed by atoms with E-state index >= 15 is 0 Å². The maximum atomic E-state index is 13.1. The van der Waals surface area contributed by atoms with Crippen LogP contribution in [0.15, 0.2) is 49.0 Å². The summed E-state index contributed by atoms with van der Waals surface area (Å²) >= 11 is 0. The fourth-order valence-electron chi connectivity index (χ4n) is 3.43. The predicted octanol–water partition coefficient (Wildman–Crippen LogP) is 3.92. The number of rotatable bonds is 6. The van der Waals surface area contributed by atoms with Crippen LogP contribution < -0.4 is 4.74 Å². The van der Waals surface area contributed by atoms with E-state index in [2.05, 4.69) is 6.58 Å². The molecular formula is C22H23NO4. The van der Waals surface area contributed by atoms with E-state index in [1.165, 1.54) is 6.07 Å². The maximum absolute atomic E-state index is 13.1. The lowest BCUT2D eigenvalue weighted by molar-refractivity contribution is 0.0526. The number of amides is 1. The van der Waals surface area contributed by atoms with E-state index in [1.54, 1.807) is 23.1 Å². The monoisotopic (exact) mass is 365 g/mol. The van der Waals surface area contributed by atoms with E-state index in [0.717, 1.165) is 30.6 Å². The molecule has 1 aliphatic heterocycles. The van der Waals surface area contributed by atoms with Gasteiger partial charge in [0.1, 0.15) is 18.1 Å². The fourth-order valence-corrected chi connectivity index (χ4v) is 3.43. The molecule has 0 saturated carbocycles. The molecule has 0 aliphatic carbocycles. The number of aromatic hydroxyl groups is 1. The van der Waals surface area contributed by atoms with E-state index in [9.17, 15) is 14.7 Å². The van der Waals surface area contributed by atoms with E-state index in [0.29, 0.717) is 19.4 Å². The molecule has 3 rings (SSSR count). The first kappa shape index (κ1) is 18.7. The molecule has 0 aromatic heterocycles. The van der Waals surface area contributed by atoms with Crippen molar-refractivity contribution in [2.75, 3.05) is 13.2 Å². The number of para-hydroxylation sites is 1. The molecule has 2 aromatic rings. The van der Waals surface area contributed by atoms with Crippen LogP contribution in [0.2, 0.25) is 0 Å². The minimum absolute atomic E-state index is 0.0322. The highest BCUT2D eigenvalue weighted by Gasteiger charge is 2.30. The van der Waals surface area contributed by atoms with Crippen LogP contribution in [0, 0.1) is 0 Å². The van der Waals surface area contributed by atoms with Crippen LogP contribution in [0.1, 0.15) is 45.5 Å². The zero-order valence-electron chi connectivity index (χ0n) is 15.1. The van der Waals surface area contributed by atoms with E-state index in [-0.39, 0.29) is 28.8 Å². The number of piperidine rings is 1. The summed E-state index contributed by atoms with van der Waals surface area (Å²) in [6.45, 7) is 4.76. The van der Waals surface area contributed by atoms with Gasteiger partial charge in [-0.1, -0.05) is 36.9 Å². The molecule has 0 bridgehead atoms.